The number of aliphatic hydroxyl groups is 3. The van der Waals surface area contributed by atoms with Crippen LogP contribution in [0.4, 0.5) is 0 Å². The molecule has 2 spiro atoms. The van der Waals surface area contributed by atoms with Crippen LogP contribution in [0.25, 0.3) is 5.53 Å². The van der Waals surface area contributed by atoms with Crippen LogP contribution < -0.4 is 11.1 Å². The van der Waals surface area contributed by atoms with Crippen LogP contribution in [0, 0.1) is 93.2 Å². The fourth-order valence-corrected chi connectivity index (χ4v) is 16.1. The molecule has 530 valence electrons. The number of alkyl halides is 1. The third kappa shape index (κ3) is 34.3. The van der Waals surface area contributed by atoms with Gasteiger partial charge in [0.25, 0.3) is 0 Å². The average Bonchev–Trinajstić information content (AvgIpc) is 1.69. The first kappa shape index (κ1) is 84.4. The molecule has 8 aliphatic carbocycles. The van der Waals surface area contributed by atoms with Crippen molar-refractivity contribution in [3.8, 4) is 0 Å². The van der Waals surface area contributed by atoms with Gasteiger partial charge in [-0.15, -0.1) is 12.4 Å². The quantitative estimate of drug-likeness (QED) is 0.0122. The van der Waals surface area contributed by atoms with E-state index in [9.17, 15) is 33.6 Å². The standard InChI is InChI=1S/C9H15IO2.C9H14N2O2.C9H17NO2.C9H15NO.C9H16O3.C9H14O3.C9H14O2.C7H14O.ClH/c1-7(11)12-6-9-3-2-8(4-9)5-10;1-7-2-3-8(4-7)6-13-9(12)5-11-10;1-7-2-3-9(4-7,6-10)5-8(11)12;1-7-2-3-9(4-7)5-8(11)10-6-9;2*1-7(11)12-6-9-3-2-8(4-9)5-10;1-7-2-3-9(4-7)5-8(10)11-6-9;1-6-2-3-7(4-6)5-8;/h8-9H,2-6H2,1H3;5,7-8H,2-4,6H2,1H3;7H,2-6,10H2,1H3,(H,11,12);7H,2-6H2,1H3,(H,10,11);8-10H,2-6H2,1H3;2-3,8-10H,4-6H2,1H3;7H,2-6H2,1H3;6-8H,2-5H2,1H3;1H/t8-,9+;7-,8+;7-,9?;7-,9+;2*8-,9+;7-,9+;6-,7+;/m11111111./s1. The Bertz CT molecular complexity index is 2220. The Hall–Kier alpha value is -3.73. The van der Waals surface area contributed by atoms with Gasteiger partial charge in [0.15, 0.2) is 0 Å². The van der Waals surface area contributed by atoms with E-state index >= 15 is 0 Å². The van der Waals surface area contributed by atoms with E-state index in [1.54, 1.807) is 0 Å². The van der Waals surface area contributed by atoms with Crippen molar-refractivity contribution in [1.29, 1.82) is 0 Å². The summed E-state index contributed by atoms with van der Waals surface area (Å²) in [6.07, 6.45) is 32.2. The fraction of sp³-hybridized carbons (Fsp3) is 0.857. The minimum atomic E-state index is -0.713. The summed E-state index contributed by atoms with van der Waals surface area (Å²) in [7, 11) is 0. The lowest BCUT2D eigenvalue weighted by molar-refractivity contribution is -0.143. The number of hydrogen-bond donors (Lipinski definition) is 6. The number of halogens is 2. The van der Waals surface area contributed by atoms with Crippen LogP contribution in [0.1, 0.15) is 216 Å². The van der Waals surface area contributed by atoms with Crippen molar-refractivity contribution in [3.63, 3.8) is 0 Å². The Morgan fingerprint density at radius 3 is 1.46 bits per heavy atom. The molecule has 16 atom stereocenters. The number of carbonyl (C=O) groups excluding carboxylic acids is 6. The van der Waals surface area contributed by atoms with Gasteiger partial charge in [-0.3, -0.25) is 28.8 Å². The summed E-state index contributed by atoms with van der Waals surface area (Å²) in [5.74, 6) is 6.38. The smallest absolute Gasteiger partial charge is 0.413 e. The molecule has 10 rings (SSSR count). The molecule has 2 aliphatic heterocycles. The maximum Gasteiger partial charge on any atom is 0.413 e. The van der Waals surface area contributed by atoms with E-state index in [1.807, 2.05) is 12.2 Å². The molecule has 7 saturated carbocycles. The van der Waals surface area contributed by atoms with Gasteiger partial charge in [0.1, 0.15) is 0 Å². The Morgan fingerprint density at radius 1 is 0.609 bits per heavy atom. The number of nitrogens with zero attached hydrogens (tertiary/aromatic N) is 2. The first-order chi connectivity index (χ1) is 43.2. The SMILES string of the molecule is CC(=O)OC[C@H]1C=C[C@@H](CO)C1.CC(=O)OC[C@H]1CC[C@@H](CI)C1.CC(=O)OC[C@H]1CC[C@@H](CO)C1.C[C@@H]1CCC(CN)(CC(=O)O)C1.C[C@@H]1CC[C@H](CO)C1.C[C@@H]1CC[C@H](COC(=O)C=[N+]=[N-])C1.C[C@@H]1CC[C@]2(CNC(=O)C2)C1.C[C@@H]1CC[C@]2(COC(=O)C2)C1.Cl. The van der Waals surface area contributed by atoms with Crippen LogP contribution in [-0.2, 0) is 57.2 Å². The van der Waals surface area contributed by atoms with E-state index in [0.717, 1.165) is 107 Å². The number of nitrogens with one attached hydrogen (secondary N) is 1. The number of hydrogen-bond acceptors (Lipinski definition) is 16. The number of aliphatic carboxylic acids is 1. The molecular formula is C70H120ClIN4O16. The van der Waals surface area contributed by atoms with E-state index in [2.05, 4.69) is 67.3 Å². The molecule has 0 aromatic rings. The van der Waals surface area contributed by atoms with Crippen molar-refractivity contribution in [2.24, 2.45) is 98.9 Å². The van der Waals surface area contributed by atoms with Crippen LogP contribution in [0.5, 0.6) is 0 Å². The van der Waals surface area contributed by atoms with E-state index in [0.29, 0.717) is 99.4 Å². The second kappa shape index (κ2) is 44.9. The maximum absolute atomic E-state index is 11.0. The van der Waals surface area contributed by atoms with E-state index in [4.69, 9.17) is 55.4 Å². The summed E-state index contributed by atoms with van der Waals surface area (Å²) in [6.45, 7) is 20.6. The van der Waals surface area contributed by atoms with Crippen molar-refractivity contribution in [2.75, 3.05) is 70.4 Å². The number of carbonyl (C=O) groups is 7. The molecule has 7 N–H and O–H groups in total. The van der Waals surface area contributed by atoms with Crippen LogP contribution in [0.2, 0.25) is 0 Å². The van der Waals surface area contributed by atoms with Gasteiger partial charge in [0.05, 0.1) is 45.9 Å². The second-order valence-electron chi connectivity index (χ2n) is 29.4. The lowest BCUT2D eigenvalue weighted by Crippen LogP contribution is -2.30. The fourth-order valence-electron chi connectivity index (χ4n) is 15.3. The number of ether oxygens (including phenoxy) is 5. The van der Waals surface area contributed by atoms with E-state index in [1.165, 1.54) is 109 Å². The van der Waals surface area contributed by atoms with Gasteiger partial charge in [-0.1, -0.05) is 101 Å². The van der Waals surface area contributed by atoms with Gasteiger partial charge < -0.3 is 60.7 Å². The number of carboxylic acids is 1. The predicted octanol–water partition coefficient (Wildman–Crippen LogP) is 11.5. The highest BCUT2D eigenvalue weighted by molar-refractivity contribution is 14.1. The van der Waals surface area contributed by atoms with Crippen molar-refractivity contribution >= 4 is 82.9 Å². The molecule has 1 unspecified atom stereocenters. The highest BCUT2D eigenvalue weighted by Crippen LogP contribution is 2.48. The van der Waals surface area contributed by atoms with Crippen molar-refractivity contribution in [2.45, 2.75) is 216 Å². The second-order valence-corrected chi connectivity index (χ2v) is 30.3. The van der Waals surface area contributed by atoms with Crippen LogP contribution in [0.3, 0.4) is 0 Å². The number of cyclic esters (lactones) is 1. The van der Waals surface area contributed by atoms with Crippen LogP contribution in [0.15, 0.2) is 12.2 Å². The first-order valence-electron chi connectivity index (χ1n) is 34.3. The number of nitrogens with two attached hydrogens (primary N) is 1. The zero-order valence-corrected chi connectivity index (χ0v) is 60.1. The first-order valence-corrected chi connectivity index (χ1v) is 35.9. The normalized spacial score (nSPS) is 33.2. The molecule has 20 nitrogen and oxygen atoms in total. The third-order valence-electron chi connectivity index (χ3n) is 20.4. The number of amides is 1. The average molecular weight is 1440 g/mol. The van der Waals surface area contributed by atoms with Crippen LogP contribution >= 0.6 is 35.0 Å². The molecule has 10 aliphatic rings. The van der Waals surface area contributed by atoms with E-state index in [-0.39, 0.29) is 78.6 Å². The lowest BCUT2D eigenvalue weighted by Gasteiger charge is -2.25. The summed E-state index contributed by atoms with van der Waals surface area (Å²) >= 11 is 2.43. The summed E-state index contributed by atoms with van der Waals surface area (Å²) in [5, 5.41) is 38.0. The molecule has 2 heterocycles. The monoisotopic (exact) mass is 1430 g/mol. The molecule has 0 aromatic carbocycles. The van der Waals surface area contributed by atoms with Crippen molar-refractivity contribution in [3.05, 3.63) is 17.7 Å². The van der Waals surface area contributed by atoms with Gasteiger partial charge in [0, 0.05) is 75.2 Å². The topological polar surface area (TPSA) is 321 Å². The molecule has 92 heavy (non-hydrogen) atoms. The van der Waals surface area contributed by atoms with Crippen LogP contribution in [-0.4, -0.2) is 144 Å². The van der Waals surface area contributed by atoms with Crippen molar-refractivity contribution in [1.82, 2.24) is 5.32 Å². The summed E-state index contributed by atoms with van der Waals surface area (Å²) in [4.78, 5) is 77.3. The maximum atomic E-state index is 11.0. The molecule has 0 bridgehead atoms. The zero-order chi connectivity index (χ0) is 67.6. The summed E-state index contributed by atoms with van der Waals surface area (Å²) in [5.41, 5.74) is 14.2. The van der Waals surface area contributed by atoms with Gasteiger partial charge in [-0.25, -0.2) is 4.79 Å². The van der Waals surface area contributed by atoms with Crippen molar-refractivity contribution < 1.29 is 82.5 Å². The van der Waals surface area contributed by atoms with Gasteiger partial charge in [-0.2, -0.15) is 4.79 Å². The molecule has 1 amide bonds. The Balaban J connectivity index is 0.000000358. The number of carboxylic acid groups (broad SMARTS) is 1. The lowest BCUT2D eigenvalue weighted by atomic mass is 9.82. The molecule has 22 heteroatoms. The molecule has 0 radical (unpaired) electrons. The highest BCUT2D eigenvalue weighted by atomic mass is 127. The number of esters is 5. The zero-order valence-electron chi connectivity index (χ0n) is 57.1. The molecule has 0 aromatic heterocycles. The number of rotatable bonds is 16. The molecular weight excluding hydrogens is 1320 g/mol. The predicted molar refractivity (Wildman–Crippen MR) is 364 cm³/mol. The Labute approximate surface area is 570 Å². The molecule has 2 saturated heterocycles. The summed E-state index contributed by atoms with van der Waals surface area (Å²) in [6, 6.07) is 0. The summed E-state index contributed by atoms with van der Waals surface area (Å²) < 4.78 is 25.8. The van der Waals surface area contributed by atoms with Gasteiger partial charge >= 0.3 is 42.0 Å². The largest absolute Gasteiger partial charge is 0.481 e. The van der Waals surface area contributed by atoms with E-state index < -0.39 is 11.9 Å². The Kier molecular flexibility index (Phi) is 41.2. The minimum absolute atomic E-state index is 0. The third-order valence-corrected chi connectivity index (χ3v) is 21.6. The van der Waals surface area contributed by atoms with Gasteiger partial charge in [0.2, 0.25) is 5.91 Å². The minimum Gasteiger partial charge on any atom is -0.481 e. The number of aliphatic hydroxyl groups excluding tert-OH is 3. The molecule has 9 fully saturated rings. The Morgan fingerprint density at radius 2 is 1.08 bits per heavy atom. The van der Waals surface area contributed by atoms with Gasteiger partial charge in [-0.05, 0) is 192 Å². The highest BCUT2D eigenvalue weighted by Gasteiger charge is 2.45.